The van der Waals surface area contributed by atoms with Gasteiger partial charge in [0.25, 0.3) is 0 Å². The number of hydrogen-bond acceptors (Lipinski definition) is 2. The van der Waals surface area contributed by atoms with E-state index in [2.05, 4.69) is 24.3 Å². The molecule has 2 N–H and O–H groups in total. The standard InChI is InChI=1S/C15H17NO/c16-15(12-8-9-17-10-12)14-7-2-1-6-13(14)11-4-3-5-11/h1-2,6-11,15H,3-5,16H2. The summed E-state index contributed by atoms with van der Waals surface area (Å²) in [5.41, 5.74) is 10.0. The van der Waals surface area contributed by atoms with Crippen LogP contribution in [0.2, 0.25) is 0 Å². The van der Waals surface area contributed by atoms with Crippen LogP contribution in [0.15, 0.2) is 47.3 Å². The van der Waals surface area contributed by atoms with Crippen LogP contribution in [0.1, 0.15) is 47.9 Å². The number of hydrogen-bond donors (Lipinski definition) is 1. The van der Waals surface area contributed by atoms with Crippen molar-refractivity contribution in [1.29, 1.82) is 0 Å². The van der Waals surface area contributed by atoms with Gasteiger partial charge in [-0.05, 0) is 36.0 Å². The van der Waals surface area contributed by atoms with Crippen molar-refractivity contribution < 1.29 is 4.42 Å². The Bertz CT molecular complexity index is 485. The van der Waals surface area contributed by atoms with Gasteiger partial charge in [-0.25, -0.2) is 0 Å². The Morgan fingerprint density at radius 2 is 2.00 bits per heavy atom. The zero-order chi connectivity index (χ0) is 11.7. The molecule has 2 aromatic rings. The molecule has 1 fully saturated rings. The Kier molecular flexibility index (Phi) is 2.73. The molecular formula is C15H17NO. The molecule has 17 heavy (non-hydrogen) atoms. The Morgan fingerprint density at radius 3 is 2.65 bits per heavy atom. The second kappa shape index (κ2) is 4.38. The lowest BCUT2D eigenvalue weighted by Crippen LogP contribution is -2.17. The van der Waals surface area contributed by atoms with Crippen molar-refractivity contribution in [2.45, 2.75) is 31.2 Å². The van der Waals surface area contributed by atoms with Crippen LogP contribution in [0.4, 0.5) is 0 Å². The lowest BCUT2D eigenvalue weighted by molar-refractivity contribution is 0.416. The molecule has 0 spiro atoms. The molecule has 1 unspecified atom stereocenters. The molecule has 1 aliphatic rings. The molecule has 1 heterocycles. The van der Waals surface area contributed by atoms with Crippen molar-refractivity contribution in [3.63, 3.8) is 0 Å². The zero-order valence-electron chi connectivity index (χ0n) is 9.80. The van der Waals surface area contributed by atoms with E-state index in [0.717, 1.165) is 5.56 Å². The van der Waals surface area contributed by atoms with Gasteiger partial charge in [0.05, 0.1) is 18.6 Å². The summed E-state index contributed by atoms with van der Waals surface area (Å²) in [7, 11) is 0. The normalized spacial score (nSPS) is 17.7. The lowest BCUT2D eigenvalue weighted by Gasteiger charge is -2.29. The second-order valence-corrected chi connectivity index (χ2v) is 4.79. The predicted molar refractivity (Wildman–Crippen MR) is 67.8 cm³/mol. The first-order chi connectivity index (χ1) is 8.36. The van der Waals surface area contributed by atoms with E-state index in [1.807, 2.05) is 6.07 Å². The first-order valence-corrected chi connectivity index (χ1v) is 6.23. The van der Waals surface area contributed by atoms with E-state index in [1.165, 1.54) is 30.4 Å². The summed E-state index contributed by atoms with van der Waals surface area (Å²) in [5.74, 6) is 0.712. The minimum absolute atomic E-state index is 0.0643. The summed E-state index contributed by atoms with van der Waals surface area (Å²) >= 11 is 0. The van der Waals surface area contributed by atoms with Gasteiger partial charge in [-0.3, -0.25) is 0 Å². The summed E-state index contributed by atoms with van der Waals surface area (Å²) in [6.45, 7) is 0. The fourth-order valence-corrected chi connectivity index (χ4v) is 2.52. The average molecular weight is 227 g/mol. The Labute approximate surface area is 101 Å². The van der Waals surface area contributed by atoms with Gasteiger partial charge in [-0.15, -0.1) is 0 Å². The molecule has 1 aromatic carbocycles. The number of furan rings is 1. The number of nitrogens with two attached hydrogens (primary N) is 1. The Balaban J connectivity index is 1.96. The monoisotopic (exact) mass is 227 g/mol. The maximum absolute atomic E-state index is 6.32. The zero-order valence-corrected chi connectivity index (χ0v) is 9.80. The SMILES string of the molecule is NC(c1ccoc1)c1ccccc1C1CCC1. The molecule has 88 valence electrons. The molecule has 0 aliphatic heterocycles. The largest absolute Gasteiger partial charge is 0.472 e. The summed E-state index contributed by atoms with van der Waals surface area (Å²) in [6.07, 6.45) is 7.37. The lowest BCUT2D eigenvalue weighted by atomic mass is 9.77. The van der Waals surface area contributed by atoms with Crippen LogP contribution in [0.5, 0.6) is 0 Å². The topological polar surface area (TPSA) is 39.2 Å². The Morgan fingerprint density at radius 1 is 1.18 bits per heavy atom. The van der Waals surface area contributed by atoms with Crippen LogP contribution in [-0.2, 0) is 0 Å². The average Bonchev–Trinajstić information content (AvgIpc) is 2.80. The molecular weight excluding hydrogens is 210 g/mol. The minimum atomic E-state index is -0.0643. The van der Waals surface area contributed by atoms with Crippen LogP contribution in [-0.4, -0.2) is 0 Å². The second-order valence-electron chi connectivity index (χ2n) is 4.79. The van der Waals surface area contributed by atoms with Crippen LogP contribution >= 0.6 is 0 Å². The first kappa shape index (κ1) is 10.6. The minimum Gasteiger partial charge on any atom is -0.472 e. The molecule has 1 aliphatic carbocycles. The van der Waals surface area contributed by atoms with E-state index in [1.54, 1.807) is 12.5 Å². The van der Waals surface area contributed by atoms with Gasteiger partial charge in [-0.1, -0.05) is 30.7 Å². The van der Waals surface area contributed by atoms with E-state index in [-0.39, 0.29) is 6.04 Å². The fourth-order valence-electron chi connectivity index (χ4n) is 2.52. The molecule has 0 amide bonds. The third kappa shape index (κ3) is 1.89. The van der Waals surface area contributed by atoms with E-state index >= 15 is 0 Å². The van der Waals surface area contributed by atoms with Crippen molar-refractivity contribution >= 4 is 0 Å². The number of rotatable bonds is 3. The van der Waals surface area contributed by atoms with Crippen molar-refractivity contribution in [2.24, 2.45) is 5.73 Å². The van der Waals surface area contributed by atoms with Crippen molar-refractivity contribution in [3.05, 3.63) is 59.5 Å². The van der Waals surface area contributed by atoms with Gasteiger partial charge in [0.2, 0.25) is 0 Å². The van der Waals surface area contributed by atoms with E-state index in [0.29, 0.717) is 5.92 Å². The molecule has 1 atom stereocenters. The highest BCUT2D eigenvalue weighted by Crippen LogP contribution is 2.40. The molecule has 2 nitrogen and oxygen atoms in total. The maximum atomic E-state index is 6.32. The third-order valence-corrected chi connectivity index (χ3v) is 3.78. The van der Waals surface area contributed by atoms with Gasteiger partial charge in [0, 0.05) is 5.56 Å². The van der Waals surface area contributed by atoms with Crippen molar-refractivity contribution in [3.8, 4) is 0 Å². The first-order valence-electron chi connectivity index (χ1n) is 6.23. The van der Waals surface area contributed by atoms with Gasteiger partial charge in [0.1, 0.15) is 0 Å². The van der Waals surface area contributed by atoms with Gasteiger partial charge < -0.3 is 10.2 Å². The molecule has 3 rings (SSSR count). The maximum Gasteiger partial charge on any atom is 0.0953 e. The molecule has 1 aromatic heterocycles. The summed E-state index contributed by atoms with van der Waals surface area (Å²) in [6, 6.07) is 10.4. The van der Waals surface area contributed by atoms with Gasteiger partial charge >= 0.3 is 0 Å². The highest BCUT2D eigenvalue weighted by atomic mass is 16.3. The fraction of sp³-hybridized carbons (Fsp3) is 0.333. The highest BCUT2D eigenvalue weighted by molar-refractivity contribution is 5.38. The van der Waals surface area contributed by atoms with E-state index in [4.69, 9.17) is 10.2 Å². The summed E-state index contributed by atoms with van der Waals surface area (Å²) in [4.78, 5) is 0. The molecule has 0 saturated heterocycles. The van der Waals surface area contributed by atoms with Crippen molar-refractivity contribution in [2.75, 3.05) is 0 Å². The highest BCUT2D eigenvalue weighted by Gasteiger charge is 2.24. The van der Waals surface area contributed by atoms with E-state index in [9.17, 15) is 0 Å². The quantitative estimate of drug-likeness (QED) is 0.870. The Hall–Kier alpha value is -1.54. The van der Waals surface area contributed by atoms with Crippen LogP contribution in [0, 0.1) is 0 Å². The van der Waals surface area contributed by atoms with Gasteiger partial charge in [0.15, 0.2) is 0 Å². The molecule has 1 saturated carbocycles. The van der Waals surface area contributed by atoms with Crippen LogP contribution in [0.3, 0.4) is 0 Å². The van der Waals surface area contributed by atoms with Gasteiger partial charge in [-0.2, -0.15) is 0 Å². The third-order valence-electron chi connectivity index (χ3n) is 3.78. The molecule has 0 bridgehead atoms. The predicted octanol–water partition coefficient (Wildman–Crippen LogP) is 3.60. The van der Waals surface area contributed by atoms with E-state index < -0.39 is 0 Å². The van der Waals surface area contributed by atoms with Crippen molar-refractivity contribution in [1.82, 2.24) is 0 Å². The summed E-state index contributed by atoms with van der Waals surface area (Å²) < 4.78 is 5.12. The van der Waals surface area contributed by atoms with Crippen LogP contribution < -0.4 is 5.73 Å². The van der Waals surface area contributed by atoms with Crippen LogP contribution in [0.25, 0.3) is 0 Å². The smallest absolute Gasteiger partial charge is 0.0953 e. The summed E-state index contributed by atoms with van der Waals surface area (Å²) in [5, 5.41) is 0. The molecule has 0 radical (unpaired) electrons. The molecule has 2 heteroatoms. The number of benzene rings is 1.